The van der Waals surface area contributed by atoms with E-state index < -0.39 is 18.1 Å². The summed E-state index contributed by atoms with van der Waals surface area (Å²) < 4.78 is 36.6. The van der Waals surface area contributed by atoms with Gasteiger partial charge in [0.05, 0.1) is 20.7 Å². The van der Waals surface area contributed by atoms with Gasteiger partial charge in [0.25, 0.3) is 5.92 Å². The summed E-state index contributed by atoms with van der Waals surface area (Å²) in [5.74, 6) is -2.98. The number of thiophene rings is 1. The van der Waals surface area contributed by atoms with E-state index in [4.69, 9.17) is 27.9 Å². The third kappa shape index (κ3) is 3.80. The zero-order valence-corrected chi connectivity index (χ0v) is 19.2. The van der Waals surface area contributed by atoms with Gasteiger partial charge in [-0.3, -0.25) is 4.90 Å². The summed E-state index contributed by atoms with van der Waals surface area (Å²) in [6.07, 6.45) is 3.32. The number of ether oxygens (including phenoxy) is 1. The number of piperidine rings is 1. The molecule has 0 bridgehead atoms. The molecule has 1 spiro atoms. The molecule has 31 heavy (non-hydrogen) atoms. The lowest BCUT2D eigenvalue weighted by Gasteiger charge is -2.45. The van der Waals surface area contributed by atoms with Gasteiger partial charge >= 0.3 is 0 Å². The quantitative estimate of drug-likeness (QED) is 0.446. The number of likely N-dealkylation sites (tertiary alicyclic amines) is 1. The zero-order valence-electron chi connectivity index (χ0n) is 16.9. The van der Waals surface area contributed by atoms with Gasteiger partial charge in [-0.2, -0.15) is 13.9 Å². The van der Waals surface area contributed by atoms with Gasteiger partial charge in [0.2, 0.25) is 0 Å². The van der Waals surface area contributed by atoms with Crippen LogP contribution in [0.15, 0.2) is 36.5 Å². The van der Waals surface area contributed by atoms with Crippen molar-refractivity contribution in [3.8, 4) is 5.69 Å². The Morgan fingerprint density at radius 1 is 1.19 bits per heavy atom. The third-order valence-electron chi connectivity index (χ3n) is 6.20. The van der Waals surface area contributed by atoms with E-state index in [1.807, 2.05) is 42.1 Å². The smallest absolute Gasteiger partial charge is 0.297 e. The Morgan fingerprint density at radius 3 is 2.68 bits per heavy atom. The van der Waals surface area contributed by atoms with Crippen LogP contribution in [0.5, 0.6) is 0 Å². The first-order valence-electron chi connectivity index (χ1n) is 10.1. The van der Waals surface area contributed by atoms with E-state index in [9.17, 15) is 8.78 Å². The highest BCUT2D eigenvalue weighted by atomic mass is 35.5. The number of hydrogen-bond acceptors (Lipinski definition) is 4. The number of aryl methyl sites for hydroxylation is 1. The molecule has 1 saturated heterocycles. The van der Waals surface area contributed by atoms with Crippen molar-refractivity contribution in [1.29, 1.82) is 0 Å². The topological polar surface area (TPSA) is 30.3 Å². The van der Waals surface area contributed by atoms with E-state index in [0.717, 1.165) is 36.6 Å². The number of rotatable bonds is 3. The van der Waals surface area contributed by atoms with Crippen molar-refractivity contribution in [2.24, 2.45) is 0 Å². The summed E-state index contributed by atoms with van der Waals surface area (Å²) in [7, 11) is 0. The fourth-order valence-corrected chi connectivity index (χ4v) is 6.14. The molecule has 0 N–H and O–H groups in total. The van der Waals surface area contributed by atoms with Gasteiger partial charge < -0.3 is 4.74 Å². The van der Waals surface area contributed by atoms with Crippen LogP contribution in [0, 0.1) is 6.92 Å². The van der Waals surface area contributed by atoms with Crippen LogP contribution < -0.4 is 0 Å². The SMILES string of the molecule is Cc1nn(-c2ccccc2Cl)cc1CN1CCC2(CC1)OCC(F)(F)c1cc(Cl)sc12. The predicted molar refractivity (Wildman–Crippen MR) is 119 cm³/mol. The second kappa shape index (κ2) is 7.81. The van der Waals surface area contributed by atoms with Crippen LogP contribution in [-0.2, 0) is 22.8 Å². The van der Waals surface area contributed by atoms with Crippen LogP contribution in [0.2, 0.25) is 9.36 Å². The normalized spacial score (nSPS) is 20.2. The standard InChI is InChI=1S/C22H21Cl2F2N3OS/c1-14-15(12-29(27-14)18-5-3-2-4-17(18)23)11-28-8-6-21(7-9-28)20-16(10-19(24)31-20)22(25,26)13-30-21/h2-5,10,12H,6-9,11,13H2,1H3. The Balaban J connectivity index is 1.32. The summed E-state index contributed by atoms with van der Waals surface area (Å²) >= 11 is 13.6. The molecule has 0 amide bonds. The lowest BCUT2D eigenvalue weighted by Crippen LogP contribution is -2.48. The molecule has 4 heterocycles. The summed E-state index contributed by atoms with van der Waals surface area (Å²) in [5.41, 5.74) is 2.28. The molecule has 0 radical (unpaired) electrons. The second-order valence-corrected chi connectivity index (χ2v) is 10.3. The minimum atomic E-state index is -2.98. The van der Waals surface area contributed by atoms with Crippen LogP contribution in [0.1, 0.15) is 34.5 Å². The van der Waals surface area contributed by atoms with Gasteiger partial charge in [0.15, 0.2) is 0 Å². The Morgan fingerprint density at radius 2 is 1.94 bits per heavy atom. The number of hydrogen-bond donors (Lipinski definition) is 0. The van der Waals surface area contributed by atoms with Crippen LogP contribution in [0.4, 0.5) is 8.78 Å². The summed E-state index contributed by atoms with van der Waals surface area (Å²) in [6.45, 7) is 3.63. The van der Waals surface area contributed by atoms with E-state index in [1.54, 1.807) is 0 Å². The van der Waals surface area contributed by atoms with Crippen LogP contribution in [0.25, 0.3) is 5.69 Å². The van der Waals surface area contributed by atoms with E-state index >= 15 is 0 Å². The molecule has 2 aromatic heterocycles. The highest BCUT2D eigenvalue weighted by Gasteiger charge is 2.51. The maximum atomic E-state index is 14.3. The van der Waals surface area contributed by atoms with E-state index in [-0.39, 0.29) is 5.56 Å². The minimum absolute atomic E-state index is 0.0408. The Hall–Kier alpha value is -1.51. The number of alkyl halides is 2. The molecule has 4 nitrogen and oxygen atoms in total. The van der Waals surface area contributed by atoms with Crippen LogP contribution >= 0.6 is 34.5 Å². The Kier molecular flexibility index (Phi) is 5.38. The fourth-order valence-electron chi connectivity index (χ4n) is 4.44. The molecule has 1 aromatic carbocycles. The van der Waals surface area contributed by atoms with Crippen LogP contribution in [-0.4, -0.2) is 34.4 Å². The maximum absolute atomic E-state index is 14.3. The number of nitrogens with zero attached hydrogens (tertiary/aromatic N) is 3. The fraction of sp³-hybridized carbons (Fsp3) is 0.409. The molecule has 0 aliphatic carbocycles. The third-order valence-corrected chi connectivity index (χ3v) is 7.97. The van der Waals surface area contributed by atoms with Crippen molar-refractivity contribution in [3.05, 3.63) is 67.6 Å². The van der Waals surface area contributed by atoms with Crippen molar-refractivity contribution < 1.29 is 13.5 Å². The highest BCUT2D eigenvalue weighted by Crippen LogP contribution is 2.52. The minimum Gasteiger partial charge on any atom is -0.363 e. The van der Waals surface area contributed by atoms with Gasteiger partial charge in [0, 0.05) is 41.8 Å². The lowest BCUT2D eigenvalue weighted by molar-refractivity contribution is -0.182. The number of para-hydroxylation sites is 1. The Bertz CT molecular complexity index is 1120. The molecule has 1 fully saturated rings. The molecule has 2 aliphatic heterocycles. The Labute approximate surface area is 193 Å². The monoisotopic (exact) mass is 483 g/mol. The first-order chi connectivity index (χ1) is 14.8. The maximum Gasteiger partial charge on any atom is 0.297 e. The summed E-state index contributed by atoms with van der Waals surface area (Å²) in [5, 5.41) is 5.27. The van der Waals surface area contributed by atoms with Gasteiger partial charge in [-0.15, -0.1) is 11.3 Å². The average molecular weight is 484 g/mol. The number of halogens is 4. The van der Waals surface area contributed by atoms with Gasteiger partial charge in [-0.05, 0) is 38.0 Å². The summed E-state index contributed by atoms with van der Waals surface area (Å²) in [4.78, 5) is 2.91. The largest absolute Gasteiger partial charge is 0.363 e. The molecular weight excluding hydrogens is 463 g/mol. The van der Waals surface area contributed by atoms with Gasteiger partial charge in [-0.1, -0.05) is 35.3 Å². The van der Waals surface area contributed by atoms with Gasteiger partial charge in [0.1, 0.15) is 12.2 Å². The number of aromatic nitrogens is 2. The van der Waals surface area contributed by atoms with Crippen LogP contribution in [0.3, 0.4) is 0 Å². The van der Waals surface area contributed by atoms with Crippen molar-refractivity contribution in [1.82, 2.24) is 14.7 Å². The lowest BCUT2D eigenvalue weighted by atomic mass is 9.84. The van der Waals surface area contributed by atoms with Crippen molar-refractivity contribution in [3.63, 3.8) is 0 Å². The zero-order chi connectivity index (χ0) is 21.8. The van der Waals surface area contributed by atoms with Gasteiger partial charge in [-0.25, -0.2) is 4.68 Å². The molecule has 0 unspecified atom stereocenters. The first-order valence-corrected chi connectivity index (χ1v) is 11.7. The molecule has 9 heteroatoms. The molecule has 164 valence electrons. The number of fused-ring (bicyclic) bond motifs is 2. The predicted octanol–water partition coefficient (Wildman–Crippen LogP) is 6.16. The van der Waals surface area contributed by atoms with E-state index in [1.165, 1.54) is 17.4 Å². The molecule has 2 aliphatic rings. The van der Waals surface area contributed by atoms with Crippen molar-refractivity contribution in [2.75, 3.05) is 19.7 Å². The molecule has 0 saturated carbocycles. The molecular formula is C22H21Cl2F2N3OS. The van der Waals surface area contributed by atoms with Crippen molar-refractivity contribution in [2.45, 2.75) is 37.8 Å². The first kappa shape index (κ1) is 21.3. The average Bonchev–Trinajstić information content (AvgIpc) is 3.31. The summed E-state index contributed by atoms with van der Waals surface area (Å²) in [6, 6.07) is 9.01. The van der Waals surface area contributed by atoms with Crippen molar-refractivity contribution >= 4 is 34.5 Å². The van der Waals surface area contributed by atoms with E-state index in [2.05, 4.69) is 10.00 Å². The molecule has 0 atom stereocenters. The highest BCUT2D eigenvalue weighted by molar-refractivity contribution is 7.16. The van der Waals surface area contributed by atoms with E-state index in [0.29, 0.717) is 27.1 Å². The molecule has 3 aromatic rings. The second-order valence-electron chi connectivity index (χ2n) is 8.19. The number of benzene rings is 1. The molecule has 5 rings (SSSR count).